The highest BCUT2D eigenvalue weighted by Gasteiger charge is 2.18. The lowest BCUT2D eigenvalue weighted by Gasteiger charge is -2.20. The van der Waals surface area contributed by atoms with Gasteiger partial charge >= 0.3 is 0 Å². The van der Waals surface area contributed by atoms with Gasteiger partial charge in [0.25, 0.3) is 0 Å². The SMILES string of the molecule is CC1=PC(C)=C1c1cnc(/C(=C\C(C)C)c2ccc(C=O)cc2)c(C)c1. The molecule has 0 spiro atoms. The minimum atomic E-state index is 0.405. The molecule has 1 aliphatic rings. The summed E-state index contributed by atoms with van der Waals surface area (Å²) in [7, 11) is 1.35. The monoisotopic (exact) mass is 361 g/mol. The summed E-state index contributed by atoms with van der Waals surface area (Å²) >= 11 is 0. The summed E-state index contributed by atoms with van der Waals surface area (Å²) in [4.78, 5) is 15.8. The van der Waals surface area contributed by atoms with Crippen LogP contribution >= 0.6 is 8.20 Å². The van der Waals surface area contributed by atoms with Crippen molar-refractivity contribution < 1.29 is 4.79 Å². The fourth-order valence-electron chi connectivity index (χ4n) is 3.37. The second kappa shape index (κ2) is 7.51. The van der Waals surface area contributed by atoms with Crippen LogP contribution in [0.1, 0.15) is 60.4 Å². The first-order chi connectivity index (χ1) is 12.4. The first-order valence-corrected chi connectivity index (χ1v) is 9.81. The number of hydrogen-bond acceptors (Lipinski definition) is 2. The van der Waals surface area contributed by atoms with E-state index >= 15 is 0 Å². The molecule has 1 aromatic heterocycles. The fourth-order valence-corrected chi connectivity index (χ4v) is 4.52. The van der Waals surface area contributed by atoms with E-state index in [0.717, 1.165) is 23.1 Å². The zero-order chi connectivity index (χ0) is 18.8. The summed E-state index contributed by atoms with van der Waals surface area (Å²) in [5, 5.41) is 2.83. The van der Waals surface area contributed by atoms with Gasteiger partial charge in [-0.25, -0.2) is 0 Å². The molecule has 132 valence electrons. The van der Waals surface area contributed by atoms with E-state index < -0.39 is 0 Å². The van der Waals surface area contributed by atoms with E-state index in [0.29, 0.717) is 11.5 Å². The van der Waals surface area contributed by atoms with E-state index in [2.05, 4.69) is 46.8 Å². The Morgan fingerprint density at radius 1 is 1.12 bits per heavy atom. The normalized spacial score (nSPS) is 15.0. The number of rotatable bonds is 5. The highest BCUT2D eigenvalue weighted by molar-refractivity contribution is 7.51. The Balaban J connectivity index is 2.05. The second-order valence-electron chi connectivity index (χ2n) is 7.11. The van der Waals surface area contributed by atoms with Crippen molar-refractivity contribution in [1.82, 2.24) is 4.98 Å². The van der Waals surface area contributed by atoms with Crippen LogP contribution in [0.4, 0.5) is 0 Å². The minimum absolute atomic E-state index is 0.405. The van der Waals surface area contributed by atoms with Crippen LogP contribution < -0.4 is 0 Å². The van der Waals surface area contributed by atoms with E-state index in [9.17, 15) is 4.79 Å². The Bertz CT molecular complexity index is 947. The average Bonchev–Trinajstić information content (AvgIpc) is 2.60. The summed E-state index contributed by atoms with van der Waals surface area (Å²) in [6, 6.07) is 9.97. The Morgan fingerprint density at radius 2 is 1.81 bits per heavy atom. The van der Waals surface area contributed by atoms with Crippen molar-refractivity contribution in [2.75, 3.05) is 0 Å². The predicted octanol–water partition coefficient (Wildman–Crippen LogP) is 6.17. The third kappa shape index (κ3) is 3.61. The molecule has 26 heavy (non-hydrogen) atoms. The van der Waals surface area contributed by atoms with Crippen LogP contribution in [0.15, 0.2) is 47.9 Å². The second-order valence-corrected chi connectivity index (χ2v) is 8.68. The Kier molecular flexibility index (Phi) is 5.34. The molecular weight excluding hydrogens is 337 g/mol. The number of aldehydes is 1. The molecule has 2 aromatic rings. The number of carbonyl (C=O) groups excluding carboxylic acids is 1. The van der Waals surface area contributed by atoms with Crippen molar-refractivity contribution in [3.05, 3.63) is 75.9 Å². The summed E-state index contributed by atoms with van der Waals surface area (Å²) < 4.78 is 0. The smallest absolute Gasteiger partial charge is 0.150 e. The van der Waals surface area contributed by atoms with Crippen LogP contribution in [-0.4, -0.2) is 16.6 Å². The molecule has 0 unspecified atom stereocenters. The summed E-state index contributed by atoms with van der Waals surface area (Å²) in [6.45, 7) is 10.8. The van der Waals surface area contributed by atoms with Crippen LogP contribution in [-0.2, 0) is 0 Å². The lowest BCUT2D eigenvalue weighted by Crippen LogP contribution is -2.05. The molecule has 2 nitrogen and oxygen atoms in total. The maximum absolute atomic E-state index is 10.9. The largest absolute Gasteiger partial charge is 0.298 e. The van der Waals surface area contributed by atoms with Gasteiger partial charge in [-0.2, -0.15) is 0 Å². The molecule has 2 heterocycles. The molecule has 0 bridgehead atoms. The van der Waals surface area contributed by atoms with E-state index in [1.807, 2.05) is 30.5 Å². The molecule has 0 radical (unpaired) electrons. The van der Waals surface area contributed by atoms with E-state index in [1.54, 1.807) is 0 Å². The van der Waals surface area contributed by atoms with E-state index in [1.165, 1.54) is 35.5 Å². The van der Waals surface area contributed by atoms with Gasteiger partial charge in [-0.05, 0) is 60.1 Å². The number of benzene rings is 1. The maximum atomic E-state index is 10.9. The molecule has 1 aromatic carbocycles. The molecule has 0 aliphatic carbocycles. The van der Waals surface area contributed by atoms with Crippen molar-refractivity contribution in [3.63, 3.8) is 0 Å². The predicted molar refractivity (Wildman–Crippen MR) is 113 cm³/mol. The number of aromatic nitrogens is 1. The van der Waals surface area contributed by atoms with Crippen LogP contribution in [0, 0.1) is 12.8 Å². The van der Waals surface area contributed by atoms with Gasteiger partial charge in [0.05, 0.1) is 5.69 Å². The molecule has 3 heteroatoms. The Labute approximate surface area is 157 Å². The summed E-state index contributed by atoms with van der Waals surface area (Å²) in [6.07, 6.45) is 5.11. The van der Waals surface area contributed by atoms with Gasteiger partial charge in [-0.15, -0.1) is 0 Å². The lowest BCUT2D eigenvalue weighted by atomic mass is 9.93. The van der Waals surface area contributed by atoms with Crippen LogP contribution in [0.3, 0.4) is 0 Å². The molecule has 0 saturated carbocycles. The highest BCUT2D eigenvalue weighted by Crippen LogP contribution is 2.39. The summed E-state index contributed by atoms with van der Waals surface area (Å²) in [5.74, 6) is 0.405. The van der Waals surface area contributed by atoms with Crippen molar-refractivity contribution >= 4 is 30.9 Å². The quantitative estimate of drug-likeness (QED) is 0.471. The van der Waals surface area contributed by atoms with Gasteiger partial charge in [0.2, 0.25) is 0 Å². The topological polar surface area (TPSA) is 30.0 Å². The molecular formula is C23H24NOP. The fraction of sp³-hybridized carbons (Fsp3) is 0.261. The molecule has 0 amide bonds. The number of hydrogen-bond donors (Lipinski definition) is 0. The zero-order valence-electron chi connectivity index (χ0n) is 16.0. The van der Waals surface area contributed by atoms with Gasteiger partial charge in [-0.3, -0.25) is 9.78 Å². The third-order valence-corrected chi connectivity index (χ3v) is 5.66. The molecule has 0 N–H and O–H groups in total. The molecule has 1 aliphatic heterocycles. The van der Waals surface area contributed by atoms with Gasteiger partial charge in [0, 0.05) is 22.9 Å². The van der Waals surface area contributed by atoms with Gasteiger partial charge < -0.3 is 0 Å². The number of allylic oxidation sites excluding steroid dienone is 3. The first kappa shape index (κ1) is 18.5. The molecule has 0 atom stereocenters. The molecule has 0 fully saturated rings. The zero-order valence-corrected chi connectivity index (χ0v) is 16.9. The van der Waals surface area contributed by atoms with Crippen LogP contribution in [0.25, 0.3) is 11.1 Å². The number of pyridine rings is 1. The number of nitrogens with zero attached hydrogens (tertiary/aromatic N) is 1. The highest BCUT2D eigenvalue weighted by atomic mass is 31.1. The van der Waals surface area contributed by atoms with Crippen LogP contribution in [0.2, 0.25) is 0 Å². The Morgan fingerprint density at radius 3 is 2.31 bits per heavy atom. The standard InChI is InChI=1S/C23H24NOP/c1-14(2)10-21(19-8-6-18(13-25)7-9-19)23-15(3)11-20(12-24-23)22-16(4)26-17(22)5/h6-14H,1-5H3/b21-10-. The lowest BCUT2D eigenvalue weighted by molar-refractivity contribution is 0.112. The maximum Gasteiger partial charge on any atom is 0.150 e. The van der Waals surface area contributed by atoms with Crippen LogP contribution in [0.5, 0.6) is 0 Å². The minimum Gasteiger partial charge on any atom is -0.298 e. The van der Waals surface area contributed by atoms with Crippen molar-refractivity contribution in [3.8, 4) is 0 Å². The van der Waals surface area contributed by atoms with E-state index in [4.69, 9.17) is 4.98 Å². The Hall–Kier alpha value is -2.31. The molecule has 0 saturated heterocycles. The van der Waals surface area contributed by atoms with Crippen molar-refractivity contribution in [2.45, 2.75) is 34.6 Å². The first-order valence-electron chi connectivity index (χ1n) is 8.92. The van der Waals surface area contributed by atoms with Gasteiger partial charge in [0.1, 0.15) is 6.29 Å². The summed E-state index contributed by atoms with van der Waals surface area (Å²) in [5.41, 5.74) is 7.65. The molecule has 3 rings (SSSR count). The van der Waals surface area contributed by atoms with Crippen molar-refractivity contribution in [2.24, 2.45) is 5.92 Å². The van der Waals surface area contributed by atoms with Gasteiger partial charge in [0.15, 0.2) is 0 Å². The van der Waals surface area contributed by atoms with Gasteiger partial charge in [-0.1, -0.05) is 52.4 Å². The number of aryl methyl sites for hydroxylation is 1. The van der Waals surface area contributed by atoms with E-state index in [-0.39, 0.29) is 0 Å². The average molecular weight is 361 g/mol. The number of carbonyl (C=O) groups is 1. The third-order valence-electron chi connectivity index (χ3n) is 4.54. The van der Waals surface area contributed by atoms with Crippen molar-refractivity contribution in [1.29, 1.82) is 0 Å².